The summed E-state index contributed by atoms with van der Waals surface area (Å²) in [5.41, 5.74) is 0. The number of rotatable bonds is 2. The van der Waals surface area contributed by atoms with Crippen LogP contribution in [-0.4, -0.2) is 63.4 Å². The van der Waals surface area contributed by atoms with Gasteiger partial charge in [0.25, 0.3) is 0 Å². The Morgan fingerprint density at radius 2 is 1.94 bits per heavy atom. The van der Waals surface area contributed by atoms with Crippen LogP contribution in [0.2, 0.25) is 0 Å². The zero-order valence-corrected chi connectivity index (χ0v) is 10.1. The third-order valence-electron chi connectivity index (χ3n) is 4.53. The minimum atomic E-state index is 0.553. The Morgan fingerprint density at radius 3 is 2.62 bits per heavy atom. The summed E-state index contributed by atoms with van der Waals surface area (Å²) in [5.74, 6) is 1.80. The van der Waals surface area contributed by atoms with E-state index in [0.29, 0.717) is 12.1 Å². The van der Waals surface area contributed by atoms with E-state index in [0.717, 1.165) is 25.0 Å². The van der Waals surface area contributed by atoms with Crippen molar-refractivity contribution >= 4 is 0 Å². The molecule has 2 N–H and O–H groups in total. The standard InChI is InChI=1S/C12H23N3O/c1-13-11-2-12(8-16-7-11)15-5-9-3-14-4-10(9)6-15/h9-14H,2-8H2,1H3. The second-order valence-corrected chi connectivity index (χ2v) is 5.54. The molecule has 92 valence electrons. The molecule has 0 bridgehead atoms. The van der Waals surface area contributed by atoms with Crippen LogP contribution < -0.4 is 10.6 Å². The van der Waals surface area contributed by atoms with Crippen LogP contribution in [0.25, 0.3) is 0 Å². The first-order valence-electron chi connectivity index (χ1n) is 6.56. The first kappa shape index (κ1) is 11.0. The van der Waals surface area contributed by atoms with Crippen molar-refractivity contribution in [1.29, 1.82) is 0 Å². The molecule has 3 rings (SSSR count). The highest BCUT2D eigenvalue weighted by Crippen LogP contribution is 2.29. The Bertz CT molecular complexity index is 234. The van der Waals surface area contributed by atoms with Gasteiger partial charge in [-0.15, -0.1) is 0 Å². The van der Waals surface area contributed by atoms with Gasteiger partial charge in [-0.3, -0.25) is 4.90 Å². The lowest BCUT2D eigenvalue weighted by Gasteiger charge is -2.35. The van der Waals surface area contributed by atoms with Gasteiger partial charge in [-0.05, 0) is 38.4 Å². The van der Waals surface area contributed by atoms with Gasteiger partial charge in [0.05, 0.1) is 13.2 Å². The van der Waals surface area contributed by atoms with Gasteiger partial charge in [0.2, 0.25) is 0 Å². The van der Waals surface area contributed by atoms with Crippen molar-refractivity contribution < 1.29 is 4.74 Å². The number of nitrogens with one attached hydrogen (secondary N) is 2. The van der Waals surface area contributed by atoms with Gasteiger partial charge >= 0.3 is 0 Å². The van der Waals surface area contributed by atoms with Crippen LogP contribution in [0.1, 0.15) is 6.42 Å². The molecule has 3 aliphatic heterocycles. The van der Waals surface area contributed by atoms with Crippen molar-refractivity contribution in [3.8, 4) is 0 Å². The van der Waals surface area contributed by atoms with E-state index in [1.54, 1.807) is 0 Å². The molecule has 0 spiro atoms. The van der Waals surface area contributed by atoms with Crippen molar-refractivity contribution in [3.63, 3.8) is 0 Å². The molecule has 4 atom stereocenters. The van der Waals surface area contributed by atoms with E-state index in [9.17, 15) is 0 Å². The molecule has 4 heteroatoms. The fourth-order valence-electron chi connectivity index (χ4n) is 3.46. The maximum atomic E-state index is 5.70. The average Bonchev–Trinajstić information content (AvgIpc) is 2.89. The molecule has 4 nitrogen and oxygen atoms in total. The lowest BCUT2D eigenvalue weighted by atomic mass is 10.0. The normalized spacial score (nSPS) is 44.8. The number of ether oxygens (including phenoxy) is 1. The molecule has 0 aromatic carbocycles. The maximum absolute atomic E-state index is 5.70. The first-order chi connectivity index (χ1) is 7.86. The van der Waals surface area contributed by atoms with E-state index >= 15 is 0 Å². The largest absolute Gasteiger partial charge is 0.378 e. The summed E-state index contributed by atoms with van der Waals surface area (Å²) < 4.78 is 5.70. The molecule has 4 unspecified atom stereocenters. The molecule has 0 aromatic rings. The van der Waals surface area contributed by atoms with Crippen molar-refractivity contribution in [3.05, 3.63) is 0 Å². The summed E-state index contributed by atoms with van der Waals surface area (Å²) in [5, 5.41) is 6.84. The Balaban J connectivity index is 1.57. The number of fused-ring (bicyclic) bond motifs is 1. The molecule has 3 saturated heterocycles. The quantitative estimate of drug-likeness (QED) is 0.665. The Morgan fingerprint density at radius 1 is 1.19 bits per heavy atom. The molecule has 3 aliphatic rings. The highest BCUT2D eigenvalue weighted by Gasteiger charge is 2.39. The lowest BCUT2D eigenvalue weighted by Crippen LogP contribution is -2.48. The monoisotopic (exact) mass is 225 g/mol. The summed E-state index contributed by atoms with van der Waals surface area (Å²) in [6, 6.07) is 1.20. The van der Waals surface area contributed by atoms with Gasteiger partial charge in [0.15, 0.2) is 0 Å². The molecule has 0 radical (unpaired) electrons. The van der Waals surface area contributed by atoms with Crippen LogP contribution in [-0.2, 0) is 4.74 Å². The van der Waals surface area contributed by atoms with Gasteiger partial charge in [-0.25, -0.2) is 0 Å². The zero-order valence-electron chi connectivity index (χ0n) is 10.1. The van der Waals surface area contributed by atoms with Gasteiger partial charge in [-0.2, -0.15) is 0 Å². The van der Waals surface area contributed by atoms with Crippen molar-refractivity contribution in [1.82, 2.24) is 15.5 Å². The highest BCUT2D eigenvalue weighted by atomic mass is 16.5. The summed E-state index contributed by atoms with van der Waals surface area (Å²) in [6.45, 7) is 6.83. The summed E-state index contributed by atoms with van der Waals surface area (Å²) in [6.07, 6.45) is 1.25. The van der Waals surface area contributed by atoms with Gasteiger partial charge in [-0.1, -0.05) is 0 Å². The molecule has 3 heterocycles. The molecule has 0 saturated carbocycles. The second kappa shape index (κ2) is 4.61. The molecule has 16 heavy (non-hydrogen) atoms. The molecule has 0 amide bonds. The average molecular weight is 225 g/mol. The number of nitrogens with zero attached hydrogens (tertiary/aromatic N) is 1. The predicted octanol–water partition coefficient (Wildman–Crippen LogP) is -0.485. The summed E-state index contributed by atoms with van der Waals surface area (Å²) in [7, 11) is 2.04. The van der Waals surface area contributed by atoms with Crippen LogP contribution in [0.15, 0.2) is 0 Å². The molecule has 0 aliphatic carbocycles. The maximum Gasteiger partial charge on any atom is 0.0623 e. The van der Waals surface area contributed by atoms with E-state index in [-0.39, 0.29) is 0 Å². The minimum absolute atomic E-state index is 0.553. The zero-order chi connectivity index (χ0) is 11.0. The second-order valence-electron chi connectivity index (χ2n) is 5.54. The third-order valence-corrected chi connectivity index (χ3v) is 4.53. The lowest BCUT2D eigenvalue weighted by molar-refractivity contribution is 0.00628. The fourth-order valence-corrected chi connectivity index (χ4v) is 3.46. The third kappa shape index (κ3) is 1.99. The SMILES string of the molecule is CNC1COCC(N2CC3CNCC3C2)C1. The van der Waals surface area contributed by atoms with Crippen LogP contribution in [0.3, 0.4) is 0 Å². The summed E-state index contributed by atoms with van der Waals surface area (Å²) in [4.78, 5) is 2.67. The van der Waals surface area contributed by atoms with Gasteiger partial charge in [0.1, 0.15) is 0 Å². The summed E-state index contributed by atoms with van der Waals surface area (Å²) >= 11 is 0. The molecular weight excluding hydrogens is 202 g/mol. The van der Waals surface area contributed by atoms with Gasteiger partial charge in [0, 0.05) is 25.2 Å². The topological polar surface area (TPSA) is 36.5 Å². The Labute approximate surface area is 97.7 Å². The van der Waals surface area contributed by atoms with Crippen molar-refractivity contribution in [2.24, 2.45) is 11.8 Å². The minimum Gasteiger partial charge on any atom is -0.378 e. The van der Waals surface area contributed by atoms with Crippen molar-refractivity contribution in [2.45, 2.75) is 18.5 Å². The Hall–Kier alpha value is -0.160. The van der Waals surface area contributed by atoms with Crippen LogP contribution in [0.4, 0.5) is 0 Å². The Kier molecular flexibility index (Phi) is 3.16. The number of likely N-dealkylation sites (tertiary alicyclic amines) is 1. The number of hydrogen-bond donors (Lipinski definition) is 2. The van der Waals surface area contributed by atoms with E-state index in [1.807, 2.05) is 7.05 Å². The van der Waals surface area contributed by atoms with Crippen molar-refractivity contribution in [2.75, 3.05) is 46.4 Å². The molecule has 0 aromatic heterocycles. The van der Waals surface area contributed by atoms with E-state index < -0.39 is 0 Å². The number of hydrogen-bond acceptors (Lipinski definition) is 4. The van der Waals surface area contributed by atoms with E-state index in [2.05, 4.69) is 15.5 Å². The number of likely N-dealkylation sites (N-methyl/N-ethyl adjacent to an activating group) is 1. The smallest absolute Gasteiger partial charge is 0.0623 e. The van der Waals surface area contributed by atoms with Crippen LogP contribution in [0.5, 0.6) is 0 Å². The van der Waals surface area contributed by atoms with Crippen LogP contribution >= 0.6 is 0 Å². The fraction of sp³-hybridized carbons (Fsp3) is 1.00. The van der Waals surface area contributed by atoms with E-state index in [4.69, 9.17) is 4.74 Å². The highest BCUT2D eigenvalue weighted by molar-refractivity contribution is 4.95. The van der Waals surface area contributed by atoms with Crippen LogP contribution in [0, 0.1) is 11.8 Å². The van der Waals surface area contributed by atoms with E-state index in [1.165, 1.54) is 32.6 Å². The predicted molar refractivity (Wildman–Crippen MR) is 63.5 cm³/mol. The molecular formula is C12H23N3O. The van der Waals surface area contributed by atoms with Gasteiger partial charge < -0.3 is 15.4 Å². The molecule has 3 fully saturated rings. The first-order valence-corrected chi connectivity index (χ1v) is 6.56.